The highest BCUT2D eigenvalue weighted by molar-refractivity contribution is 6.99. The van der Waals surface area contributed by atoms with Gasteiger partial charge in [0, 0.05) is 12.2 Å². The van der Waals surface area contributed by atoms with E-state index in [-0.39, 0.29) is 6.61 Å². The number of hydrogen-bond donors (Lipinski definition) is 2. The van der Waals surface area contributed by atoms with Gasteiger partial charge in [-0.25, -0.2) is 0 Å². The molecule has 0 saturated heterocycles. The van der Waals surface area contributed by atoms with Crippen LogP contribution in [0, 0.1) is 6.92 Å². The highest BCUT2D eigenvalue weighted by Crippen LogP contribution is 2.09. The van der Waals surface area contributed by atoms with Gasteiger partial charge in [0.15, 0.2) is 0 Å². The Hall–Kier alpha value is -1.66. The van der Waals surface area contributed by atoms with E-state index in [4.69, 9.17) is 4.74 Å². The minimum absolute atomic E-state index is 0.199. The molecule has 2 N–H and O–H groups in total. The molecular weight excluding hydrogens is 250 g/mol. The van der Waals surface area contributed by atoms with Gasteiger partial charge in [-0.2, -0.15) is 4.37 Å². The van der Waals surface area contributed by atoms with E-state index in [0.29, 0.717) is 12.4 Å². The van der Waals surface area contributed by atoms with E-state index in [1.165, 1.54) is 11.8 Å². The van der Waals surface area contributed by atoms with Gasteiger partial charge in [0.2, 0.25) is 5.88 Å². The molecule has 0 aliphatic rings. The van der Waals surface area contributed by atoms with E-state index < -0.39 is 6.10 Å². The summed E-state index contributed by atoms with van der Waals surface area (Å²) in [4.78, 5) is 0. The van der Waals surface area contributed by atoms with Gasteiger partial charge in [0.25, 0.3) is 0 Å². The molecular formula is C12H15N3O2S. The monoisotopic (exact) mass is 265 g/mol. The van der Waals surface area contributed by atoms with Gasteiger partial charge < -0.3 is 15.2 Å². The molecule has 2 rings (SSSR count). The molecule has 0 fully saturated rings. The SMILES string of the molecule is Cc1ccc(NCC(O)COc2cnsn2)cc1. The summed E-state index contributed by atoms with van der Waals surface area (Å²) in [6.45, 7) is 2.67. The zero-order chi connectivity index (χ0) is 12.8. The molecule has 6 heteroatoms. The molecule has 0 spiro atoms. The number of aliphatic hydroxyl groups is 1. The highest BCUT2D eigenvalue weighted by Gasteiger charge is 2.06. The van der Waals surface area contributed by atoms with Crippen molar-refractivity contribution < 1.29 is 9.84 Å². The van der Waals surface area contributed by atoms with Gasteiger partial charge in [0.05, 0.1) is 11.7 Å². The van der Waals surface area contributed by atoms with Gasteiger partial charge in [-0.3, -0.25) is 0 Å². The predicted octanol–water partition coefficient (Wildman–Crippen LogP) is 1.70. The van der Waals surface area contributed by atoms with Crippen LogP contribution in [0.1, 0.15) is 5.56 Å². The fourth-order valence-corrected chi connectivity index (χ4v) is 1.73. The molecule has 0 bridgehead atoms. The van der Waals surface area contributed by atoms with E-state index in [9.17, 15) is 5.11 Å². The first-order chi connectivity index (χ1) is 8.74. The lowest BCUT2D eigenvalue weighted by Crippen LogP contribution is -2.26. The van der Waals surface area contributed by atoms with E-state index in [0.717, 1.165) is 17.4 Å². The second-order valence-corrected chi connectivity index (χ2v) is 4.51. The maximum absolute atomic E-state index is 9.73. The zero-order valence-electron chi connectivity index (χ0n) is 10.0. The molecule has 5 nitrogen and oxygen atoms in total. The van der Waals surface area contributed by atoms with Crippen molar-refractivity contribution in [2.45, 2.75) is 13.0 Å². The van der Waals surface area contributed by atoms with Crippen LogP contribution in [0.2, 0.25) is 0 Å². The average molecular weight is 265 g/mol. The number of aromatic nitrogens is 2. The Morgan fingerprint density at radius 1 is 1.39 bits per heavy atom. The zero-order valence-corrected chi connectivity index (χ0v) is 10.9. The fraction of sp³-hybridized carbons (Fsp3) is 0.333. The molecule has 18 heavy (non-hydrogen) atoms. The van der Waals surface area contributed by atoms with Crippen LogP contribution in [-0.2, 0) is 0 Å². The Morgan fingerprint density at radius 3 is 2.83 bits per heavy atom. The number of hydrogen-bond acceptors (Lipinski definition) is 6. The smallest absolute Gasteiger partial charge is 0.245 e. The van der Waals surface area contributed by atoms with Crippen molar-refractivity contribution in [3.8, 4) is 5.88 Å². The largest absolute Gasteiger partial charge is 0.473 e. The maximum atomic E-state index is 9.73. The lowest BCUT2D eigenvalue weighted by Gasteiger charge is -2.12. The van der Waals surface area contributed by atoms with Gasteiger partial charge in [-0.05, 0) is 19.1 Å². The van der Waals surface area contributed by atoms with Crippen LogP contribution in [-0.4, -0.2) is 33.1 Å². The third-order valence-electron chi connectivity index (χ3n) is 2.36. The highest BCUT2D eigenvalue weighted by atomic mass is 32.1. The van der Waals surface area contributed by atoms with Gasteiger partial charge in [0.1, 0.15) is 18.9 Å². The van der Waals surface area contributed by atoms with Crippen LogP contribution in [0.5, 0.6) is 5.88 Å². The number of anilines is 1. The number of ether oxygens (including phenoxy) is 1. The van der Waals surface area contributed by atoms with Gasteiger partial charge >= 0.3 is 0 Å². The summed E-state index contributed by atoms with van der Waals surface area (Å²) in [5.41, 5.74) is 2.19. The molecule has 0 aliphatic heterocycles. The maximum Gasteiger partial charge on any atom is 0.245 e. The lowest BCUT2D eigenvalue weighted by atomic mass is 10.2. The standard InChI is InChI=1S/C12H15N3O2S/c1-9-2-4-10(5-3-9)13-6-11(16)8-17-12-7-14-18-15-12/h2-5,7,11,13,16H,6,8H2,1H3. The summed E-state index contributed by atoms with van der Waals surface area (Å²) in [6.07, 6.45) is 0.943. The van der Waals surface area contributed by atoms with Crippen LogP contribution in [0.4, 0.5) is 5.69 Å². The summed E-state index contributed by atoms with van der Waals surface area (Å²) in [6, 6.07) is 8.00. The molecule has 0 radical (unpaired) electrons. The second kappa shape index (κ2) is 6.32. The quantitative estimate of drug-likeness (QED) is 0.832. The molecule has 96 valence electrons. The Kier molecular flexibility index (Phi) is 4.49. The molecule has 1 aromatic carbocycles. The van der Waals surface area contributed by atoms with E-state index >= 15 is 0 Å². The molecule has 1 unspecified atom stereocenters. The third kappa shape index (κ3) is 3.97. The molecule has 1 aromatic heterocycles. The van der Waals surface area contributed by atoms with Crippen LogP contribution in [0.3, 0.4) is 0 Å². The topological polar surface area (TPSA) is 67.3 Å². The van der Waals surface area contributed by atoms with Crippen molar-refractivity contribution in [2.24, 2.45) is 0 Å². The predicted molar refractivity (Wildman–Crippen MR) is 71.1 cm³/mol. The molecule has 0 amide bonds. The number of nitrogens with one attached hydrogen (secondary N) is 1. The first kappa shape index (κ1) is 12.8. The van der Waals surface area contributed by atoms with E-state index in [2.05, 4.69) is 14.1 Å². The van der Waals surface area contributed by atoms with Crippen molar-refractivity contribution in [1.82, 2.24) is 8.75 Å². The molecule has 0 aliphatic carbocycles. The van der Waals surface area contributed by atoms with Gasteiger partial charge in [-0.15, -0.1) is 4.37 Å². The first-order valence-corrected chi connectivity index (χ1v) is 6.36. The molecule has 2 aromatic rings. The number of nitrogens with zero attached hydrogens (tertiary/aromatic N) is 2. The Morgan fingerprint density at radius 2 is 2.17 bits per heavy atom. The second-order valence-electron chi connectivity index (χ2n) is 3.96. The van der Waals surface area contributed by atoms with Crippen molar-refractivity contribution >= 4 is 17.4 Å². The van der Waals surface area contributed by atoms with Crippen molar-refractivity contribution in [3.05, 3.63) is 36.0 Å². The Balaban J connectivity index is 1.71. The lowest BCUT2D eigenvalue weighted by molar-refractivity contribution is 0.115. The number of rotatable bonds is 6. The van der Waals surface area contributed by atoms with Crippen LogP contribution in [0.25, 0.3) is 0 Å². The summed E-state index contributed by atoms with van der Waals surface area (Å²) in [5, 5.41) is 12.9. The van der Waals surface area contributed by atoms with Crippen molar-refractivity contribution in [1.29, 1.82) is 0 Å². The fourth-order valence-electron chi connectivity index (χ4n) is 1.37. The Labute approximate surface area is 110 Å². The van der Waals surface area contributed by atoms with E-state index in [1.54, 1.807) is 0 Å². The minimum Gasteiger partial charge on any atom is -0.473 e. The third-order valence-corrected chi connectivity index (χ3v) is 2.82. The summed E-state index contributed by atoms with van der Waals surface area (Å²) in [7, 11) is 0. The van der Waals surface area contributed by atoms with Crippen LogP contribution in [0.15, 0.2) is 30.5 Å². The molecule has 0 saturated carbocycles. The van der Waals surface area contributed by atoms with Gasteiger partial charge in [-0.1, -0.05) is 17.7 Å². The van der Waals surface area contributed by atoms with Crippen molar-refractivity contribution in [2.75, 3.05) is 18.5 Å². The minimum atomic E-state index is -0.590. The normalized spacial score (nSPS) is 12.1. The van der Waals surface area contributed by atoms with E-state index in [1.807, 2.05) is 31.2 Å². The molecule has 1 atom stereocenters. The molecule has 1 heterocycles. The van der Waals surface area contributed by atoms with Crippen molar-refractivity contribution in [3.63, 3.8) is 0 Å². The number of benzene rings is 1. The van der Waals surface area contributed by atoms with Crippen LogP contribution >= 0.6 is 11.7 Å². The summed E-state index contributed by atoms with van der Waals surface area (Å²) >= 11 is 1.08. The average Bonchev–Trinajstić information content (AvgIpc) is 2.89. The first-order valence-electron chi connectivity index (χ1n) is 5.63. The number of aliphatic hydroxyl groups excluding tert-OH is 1. The summed E-state index contributed by atoms with van der Waals surface area (Å²) in [5.74, 6) is 0.453. The number of aryl methyl sites for hydroxylation is 1. The van der Waals surface area contributed by atoms with Crippen LogP contribution < -0.4 is 10.1 Å². The summed E-state index contributed by atoms with van der Waals surface area (Å²) < 4.78 is 13.0. The Bertz CT molecular complexity index is 459.